The number of nitrogen functional groups attached to an aromatic ring is 1. The maximum absolute atomic E-state index is 6.51. The number of nitrogens with two attached hydrogens (primary N) is 1. The third-order valence-corrected chi connectivity index (χ3v) is 4.23. The molecule has 0 saturated heterocycles. The van der Waals surface area contributed by atoms with Crippen LogP contribution in [-0.2, 0) is 0 Å². The Hall–Kier alpha value is -3.01. The van der Waals surface area contributed by atoms with Gasteiger partial charge in [-0.2, -0.15) is 0 Å². The van der Waals surface area contributed by atoms with E-state index in [0.717, 1.165) is 34.7 Å². The highest BCUT2D eigenvalue weighted by atomic mass is 15.1. The molecule has 1 aromatic heterocycles. The van der Waals surface area contributed by atoms with E-state index in [1.54, 1.807) is 6.20 Å². The van der Waals surface area contributed by atoms with E-state index in [-0.39, 0.29) is 0 Å². The van der Waals surface area contributed by atoms with E-state index >= 15 is 0 Å². The van der Waals surface area contributed by atoms with Crippen LogP contribution in [0.5, 0.6) is 0 Å². The summed E-state index contributed by atoms with van der Waals surface area (Å²) in [7, 11) is 2.10. The Labute approximate surface area is 135 Å². The summed E-state index contributed by atoms with van der Waals surface area (Å²) >= 11 is 0. The van der Waals surface area contributed by atoms with Crippen LogP contribution in [0.4, 0.5) is 22.9 Å². The summed E-state index contributed by atoms with van der Waals surface area (Å²) in [5.41, 5.74) is 10.4. The third kappa shape index (κ3) is 2.19. The van der Waals surface area contributed by atoms with Gasteiger partial charge in [-0.15, -0.1) is 0 Å². The lowest BCUT2D eigenvalue weighted by Crippen LogP contribution is -2.21. The molecule has 23 heavy (non-hydrogen) atoms. The Kier molecular flexibility index (Phi) is 3.15. The molecule has 2 heterocycles. The van der Waals surface area contributed by atoms with Gasteiger partial charge in [-0.25, -0.2) is 4.98 Å². The lowest BCUT2D eigenvalue weighted by molar-refractivity contribution is 1.03. The van der Waals surface area contributed by atoms with E-state index in [0.29, 0.717) is 0 Å². The van der Waals surface area contributed by atoms with E-state index < -0.39 is 0 Å². The minimum absolute atomic E-state index is 0.757. The van der Waals surface area contributed by atoms with Gasteiger partial charge in [-0.3, -0.25) is 0 Å². The summed E-state index contributed by atoms with van der Waals surface area (Å²) in [6.07, 6.45) is 6.02. The number of pyridine rings is 1. The summed E-state index contributed by atoms with van der Waals surface area (Å²) in [6, 6.07) is 14.1. The Balaban J connectivity index is 2.00. The van der Waals surface area contributed by atoms with Crippen LogP contribution in [0.25, 0.3) is 16.8 Å². The van der Waals surface area contributed by atoms with Crippen molar-refractivity contribution < 1.29 is 0 Å². The van der Waals surface area contributed by atoms with E-state index in [9.17, 15) is 0 Å². The Bertz CT molecular complexity index is 900. The van der Waals surface area contributed by atoms with Crippen molar-refractivity contribution in [2.45, 2.75) is 0 Å². The van der Waals surface area contributed by atoms with Gasteiger partial charge in [0.15, 0.2) is 0 Å². The van der Waals surface area contributed by atoms with Gasteiger partial charge in [-0.1, -0.05) is 42.5 Å². The van der Waals surface area contributed by atoms with E-state index in [2.05, 4.69) is 52.6 Å². The topological polar surface area (TPSA) is 54.2 Å². The van der Waals surface area contributed by atoms with Gasteiger partial charge in [0.1, 0.15) is 5.82 Å². The number of benzene rings is 2. The lowest BCUT2D eigenvalue weighted by Gasteiger charge is -2.28. The van der Waals surface area contributed by atoms with E-state index in [1.165, 1.54) is 11.1 Å². The molecule has 1 aliphatic heterocycles. The molecule has 4 rings (SSSR count). The van der Waals surface area contributed by atoms with Crippen molar-refractivity contribution in [1.82, 2.24) is 4.98 Å². The smallest absolute Gasteiger partial charge is 0.130 e. The van der Waals surface area contributed by atoms with Gasteiger partial charge in [0, 0.05) is 36.1 Å². The second-order valence-electron chi connectivity index (χ2n) is 5.72. The molecule has 0 bridgehead atoms. The normalized spacial score (nSPS) is 13.2. The second kappa shape index (κ2) is 5.32. The van der Waals surface area contributed by atoms with Crippen molar-refractivity contribution in [2.24, 2.45) is 0 Å². The average molecular weight is 302 g/mol. The number of anilines is 4. The molecule has 0 fully saturated rings. The van der Waals surface area contributed by atoms with Crippen molar-refractivity contribution in [2.75, 3.05) is 29.5 Å². The highest BCUT2D eigenvalue weighted by Gasteiger charge is 2.20. The number of aromatic nitrogens is 1. The van der Waals surface area contributed by atoms with Crippen molar-refractivity contribution in [1.29, 1.82) is 0 Å². The maximum Gasteiger partial charge on any atom is 0.130 e. The molecule has 1 aliphatic rings. The average Bonchev–Trinajstić information content (AvgIpc) is 2.59. The standard InChI is InChI=1S/C19H18N4/c1-23-12-6-9-15-17(20)18(22-16-10-4-5-11-21-16)13-7-2-3-8-14(13)19(15)23/h2-11H,12,20H2,1H3,(H,21,22). The van der Waals surface area contributed by atoms with Crippen LogP contribution in [0.15, 0.2) is 54.7 Å². The predicted molar refractivity (Wildman–Crippen MR) is 98.2 cm³/mol. The molecular weight excluding hydrogens is 284 g/mol. The lowest BCUT2D eigenvalue weighted by atomic mass is 9.96. The van der Waals surface area contributed by atoms with Gasteiger partial charge >= 0.3 is 0 Å². The largest absolute Gasteiger partial charge is 0.396 e. The molecule has 0 saturated carbocycles. The zero-order valence-electron chi connectivity index (χ0n) is 13.0. The monoisotopic (exact) mass is 302 g/mol. The van der Waals surface area contributed by atoms with Gasteiger partial charge in [-0.05, 0) is 12.1 Å². The second-order valence-corrected chi connectivity index (χ2v) is 5.72. The molecule has 0 amide bonds. The minimum atomic E-state index is 0.757. The van der Waals surface area contributed by atoms with Crippen molar-refractivity contribution in [3.63, 3.8) is 0 Å². The zero-order chi connectivity index (χ0) is 15.8. The third-order valence-electron chi connectivity index (χ3n) is 4.23. The van der Waals surface area contributed by atoms with Crippen LogP contribution < -0.4 is 16.0 Å². The fourth-order valence-electron chi connectivity index (χ4n) is 3.16. The first kappa shape index (κ1) is 13.6. The zero-order valence-corrected chi connectivity index (χ0v) is 13.0. The molecule has 3 N–H and O–H groups in total. The van der Waals surface area contributed by atoms with Gasteiger partial charge in [0.2, 0.25) is 0 Å². The van der Waals surface area contributed by atoms with Gasteiger partial charge in [0.05, 0.1) is 17.1 Å². The predicted octanol–water partition coefficient (Wildman–Crippen LogP) is 4.02. The molecule has 0 atom stereocenters. The molecule has 2 aromatic carbocycles. The van der Waals surface area contributed by atoms with Crippen LogP contribution in [0.3, 0.4) is 0 Å². The van der Waals surface area contributed by atoms with Crippen molar-refractivity contribution in [3.05, 3.63) is 60.3 Å². The first-order valence-corrected chi connectivity index (χ1v) is 7.65. The van der Waals surface area contributed by atoms with E-state index in [4.69, 9.17) is 5.73 Å². The summed E-state index contributed by atoms with van der Waals surface area (Å²) in [5, 5.41) is 5.70. The number of hydrogen-bond donors (Lipinski definition) is 2. The van der Waals surface area contributed by atoms with Gasteiger partial charge in [0.25, 0.3) is 0 Å². The highest BCUT2D eigenvalue weighted by molar-refractivity contribution is 6.12. The van der Waals surface area contributed by atoms with Crippen molar-refractivity contribution in [3.8, 4) is 0 Å². The Morgan fingerprint density at radius 1 is 1.09 bits per heavy atom. The first-order valence-electron chi connectivity index (χ1n) is 7.65. The summed E-state index contributed by atoms with van der Waals surface area (Å²) in [6.45, 7) is 0.892. The fraction of sp³-hybridized carbons (Fsp3) is 0.105. The number of nitrogens with one attached hydrogen (secondary N) is 1. The number of nitrogens with zero attached hydrogens (tertiary/aromatic N) is 2. The quantitative estimate of drug-likeness (QED) is 0.554. The molecule has 0 spiro atoms. The summed E-state index contributed by atoms with van der Waals surface area (Å²) in [4.78, 5) is 6.59. The number of rotatable bonds is 2. The van der Waals surface area contributed by atoms with Crippen molar-refractivity contribution >= 4 is 39.7 Å². The molecular formula is C19H18N4. The Morgan fingerprint density at radius 2 is 1.87 bits per heavy atom. The van der Waals surface area contributed by atoms with Crippen LogP contribution in [0, 0.1) is 0 Å². The van der Waals surface area contributed by atoms with Crippen LogP contribution in [-0.4, -0.2) is 18.6 Å². The first-order chi connectivity index (χ1) is 11.3. The maximum atomic E-state index is 6.51. The molecule has 0 unspecified atom stereocenters. The van der Waals surface area contributed by atoms with Crippen LogP contribution in [0.1, 0.15) is 5.56 Å². The molecule has 3 aromatic rings. The molecule has 4 nitrogen and oxygen atoms in total. The molecule has 0 radical (unpaired) electrons. The number of fused-ring (bicyclic) bond motifs is 3. The highest BCUT2D eigenvalue weighted by Crippen LogP contribution is 2.44. The molecule has 4 heteroatoms. The Morgan fingerprint density at radius 3 is 2.65 bits per heavy atom. The van der Waals surface area contributed by atoms with E-state index in [1.807, 2.05) is 24.3 Å². The molecule has 0 aliphatic carbocycles. The van der Waals surface area contributed by atoms with Gasteiger partial charge < -0.3 is 16.0 Å². The van der Waals surface area contributed by atoms with Crippen LogP contribution >= 0.6 is 0 Å². The minimum Gasteiger partial charge on any atom is -0.396 e. The fourth-order valence-corrected chi connectivity index (χ4v) is 3.16. The SMILES string of the molecule is CN1CC=Cc2c(N)c(Nc3ccccn3)c3ccccc3c21. The summed E-state index contributed by atoms with van der Waals surface area (Å²) < 4.78 is 0. The number of likely N-dealkylation sites (N-methyl/N-ethyl adjacent to an activating group) is 1. The molecule has 114 valence electrons. The summed E-state index contributed by atoms with van der Waals surface area (Å²) in [5.74, 6) is 0.789. The van der Waals surface area contributed by atoms with Crippen LogP contribution in [0.2, 0.25) is 0 Å². The number of hydrogen-bond acceptors (Lipinski definition) is 4.